The number of hydrogen-bond donors (Lipinski definition) is 0. The highest BCUT2D eigenvalue weighted by atomic mass is 32.1. The second kappa shape index (κ2) is 7.71. The largest absolute Gasteiger partial charge is 0.376 e. The molecular formula is C14H22N2O3S. The zero-order valence-electron chi connectivity index (χ0n) is 12.1. The third kappa shape index (κ3) is 4.54. The van der Waals surface area contributed by atoms with Crippen LogP contribution in [0.4, 0.5) is 0 Å². The molecular weight excluding hydrogens is 276 g/mol. The van der Waals surface area contributed by atoms with Crippen molar-refractivity contribution in [3.05, 3.63) is 16.1 Å². The average molecular weight is 298 g/mol. The Morgan fingerprint density at radius 3 is 3.15 bits per heavy atom. The molecule has 0 bridgehead atoms. The fraction of sp³-hybridized carbons (Fsp3) is 0.714. The van der Waals surface area contributed by atoms with E-state index < -0.39 is 0 Å². The molecule has 1 amide bonds. The number of ether oxygens (including phenoxy) is 2. The number of rotatable bonds is 7. The SMILES string of the molecule is CCc1ncc(CN(C)C(=O)COC[C@@H]2CCCO2)s1. The molecule has 112 valence electrons. The summed E-state index contributed by atoms with van der Waals surface area (Å²) in [6, 6.07) is 0. The summed E-state index contributed by atoms with van der Waals surface area (Å²) < 4.78 is 10.9. The van der Waals surface area contributed by atoms with Gasteiger partial charge in [0, 0.05) is 24.7 Å². The Labute approximate surface area is 123 Å². The van der Waals surface area contributed by atoms with Crippen molar-refractivity contribution in [2.45, 2.75) is 38.8 Å². The standard InChI is InChI=1S/C14H22N2O3S/c1-3-13-15-7-12(20-13)8-16(2)14(17)10-18-9-11-5-4-6-19-11/h7,11H,3-6,8-10H2,1-2H3/t11-/m0/s1. The number of thiazole rings is 1. The first-order chi connectivity index (χ1) is 9.69. The van der Waals surface area contributed by atoms with Gasteiger partial charge in [0.25, 0.3) is 0 Å². The highest BCUT2D eigenvalue weighted by Gasteiger charge is 2.17. The van der Waals surface area contributed by atoms with Crippen molar-refractivity contribution >= 4 is 17.2 Å². The predicted octanol–water partition coefficient (Wildman–Crippen LogP) is 1.86. The summed E-state index contributed by atoms with van der Waals surface area (Å²) >= 11 is 1.66. The summed E-state index contributed by atoms with van der Waals surface area (Å²) in [6.07, 6.45) is 5.08. The maximum Gasteiger partial charge on any atom is 0.248 e. The van der Waals surface area contributed by atoms with Crippen LogP contribution < -0.4 is 0 Å². The lowest BCUT2D eigenvalue weighted by molar-refractivity contribution is -0.136. The van der Waals surface area contributed by atoms with E-state index in [-0.39, 0.29) is 18.6 Å². The monoisotopic (exact) mass is 298 g/mol. The lowest BCUT2D eigenvalue weighted by atomic mass is 10.2. The number of amides is 1. The molecule has 6 heteroatoms. The van der Waals surface area contributed by atoms with Crippen LogP contribution >= 0.6 is 11.3 Å². The lowest BCUT2D eigenvalue weighted by Gasteiger charge is -2.17. The zero-order valence-corrected chi connectivity index (χ0v) is 12.9. The third-order valence-electron chi connectivity index (χ3n) is 3.28. The van der Waals surface area contributed by atoms with Gasteiger partial charge in [0.15, 0.2) is 0 Å². The van der Waals surface area contributed by atoms with Gasteiger partial charge in [-0.2, -0.15) is 0 Å². The highest BCUT2D eigenvalue weighted by Crippen LogP contribution is 2.15. The quantitative estimate of drug-likeness (QED) is 0.771. The van der Waals surface area contributed by atoms with Crippen LogP contribution in [0.3, 0.4) is 0 Å². The molecule has 1 atom stereocenters. The minimum atomic E-state index is -0.00514. The number of nitrogens with zero attached hydrogens (tertiary/aromatic N) is 2. The molecule has 1 aromatic rings. The van der Waals surface area contributed by atoms with Crippen molar-refractivity contribution in [3.63, 3.8) is 0 Å². The molecule has 0 unspecified atom stereocenters. The van der Waals surface area contributed by atoms with Gasteiger partial charge in [-0.25, -0.2) is 4.98 Å². The molecule has 2 heterocycles. The Morgan fingerprint density at radius 1 is 1.65 bits per heavy atom. The van der Waals surface area contributed by atoms with Crippen LogP contribution in [-0.2, 0) is 27.2 Å². The molecule has 0 aromatic carbocycles. The van der Waals surface area contributed by atoms with Gasteiger partial charge in [-0.3, -0.25) is 4.79 Å². The van der Waals surface area contributed by atoms with E-state index in [2.05, 4.69) is 11.9 Å². The van der Waals surface area contributed by atoms with E-state index in [1.165, 1.54) is 0 Å². The van der Waals surface area contributed by atoms with Crippen LogP contribution in [0, 0.1) is 0 Å². The fourth-order valence-corrected chi connectivity index (χ4v) is 2.99. The van der Waals surface area contributed by atoms with E-state index in [1.54, 1.807) is 23.3 Å². The minimum absolute atomic E-state index is 0.00514. The zero-order chi connectivity index (χ0) is 14.4. The van der Waals surface area contributed by atoms with Crippen LogP contribution in [0.2, 0.25) is 0 Å². The Balaban J connectivity index is 1.68. The third-order valence-corrected chi connectivity index (χ3v) is 4.40. The topological polar surface area (TPSA) is 51.7 Å². The minimum Gasteiger partial charge on any atom is -0.376 e. The first-order valence-electron chi connectivity index (χ1n) is 7.06. The molecule has 0 N–H and O–H groups in total. The Bertz CT molecular complexity index is 430. The maximum absolute atomic E-state index is 11.9. The molecule has 1 aromatic heterocycles. The molecule has 0 aliphatic carbocycles. The number of carbonyl (C=O) groups is 1. The Kier molecular flexibility index (Phi) is 5.94. The van der Waals surface area contributed by atoms with E-state index in [1.807, 2.05) is 6.20 Å². The summed E-state index contributed by atoms with van der Waals surface area (Å²) in [5.74, 6) is -0.00514. The van der Waals surface area contributed by atoms with Crippen molar-refractivity contribution in [2.75, 3.05) is 26.9 Å². The molecule has 0 saturated carbocycles. The smallest absolute Gasteiger partial charge is 0.248 e. The second-order valence-electron chi connectivity index (χ2n) is 4.97. The molecule has 1 saturated heterocycles. The Hall–Kier alpha value is -0.980. The fourth-order valence-electron chi connectivity index (χ4n) is 2.07. The molecule has 0 spiro atoms. The van der Waals surface area contributed by atoms with Gasteiger partial charge in [0.2, 0.25) is 5.91 Å². The first kappa shape index (κ1) is 15.4. The predicted molar refractivity (Wildman–Crippen MR) is 77.8 cm³/mol. The molecule has 1 fully saturated rings. The molecule has 2 rings (SSSR count). The van der Waals surface area contributed by atoms with Gasteiger partial charge >= 0.3 is 0 Å². The molecule has 5 nitrogen and oxygen atoms in total. The van der Waals surface area contributed by atoms with Crippen molar-refractivity contribution in [2.24, 2.45) is 0 Å². The lowest BCUT2D eigenvalue weighted by Crippen LogP contribution is -2.30. The molecule has 20 heavy (non-hydrogen) atoms. The van der Waals surface area contributed by atoms with Gasteiger partial charge in [-0.1, -0.05) is 6.92 Å². The maximum atomic E-state index is 11.9. The first-order valence-corrected chi connectivity index (χ1v) is 7.87. The van der Waals surface area contributed by atoms with Gasteiger partial charge in [-0.15, -0.1) is 11.3 Å². The van der Waals surface area contributed by atoms with Gasteiger partial charge < -0.3 is 14.4 Å². The average Bonchev–Trinajstić information content (AvgIpc) is 3.09. The van der Waals surface area contributed by atoms with Crippen LogP contribution in [0.5, 0.6) is 0 Å². The molecule has 0 radical (unpaired) electrons. The highest BCUT2D eigenvalue weighted by molar-refractivity contribution is 7.11. The number of aryl methyl sites for hydroxylation is 1. The van der Waals surface area contributed by atoms with E-state index in [0.29, 0.717) is 13.2 Å². The summed E-state index contributed by atoms with van der Waals surface area (Å²) in [6.45, 7) is 4.12. The second-order valence-corrected chi connectivity index (χ2v) is 6.17. The van der Waals surface area contributed by atoms with Gasteiger partial charge in [0.05, 0.1) is 24.3 Å². The molecule has 1 aliphatic heterocycles. The Morgan fingerprint density at radius 2 is 2.50 bits per heavy atom. The van der Waals surface area contributed by atoms with Crippen molar-refractivity contribution < 1.29 is 14.3 Å². The summed E-state index contributed by atoms with van der Waals surface area (Å²) in [4.78, 5) is 19.0. The summed E-state index contributed by atoms with van der Waals surface area (Å²) in [7, 11) is 1.79. The van der Waals surface area contributed by atoms with Gasteiger partial charge in [0.1, 0.15) is 6.61 Å². The normalized spacial score (nSPS) is 18.4. The van der Waals surface area contributed by atoms with Crippen LogP contribution in [-0.4, -0.2) is 48.8 Å². The van der Waals surface area contributed by atoms with Crippen LogP contribution in [0.1, 0.15) is 29.7 Å². The van der Waals surface area contributed by atoms with Crippen molar-refractivity contribution in [3.8, 4) is 0 Å². The van der Waals surface area contributed by atoms with E-state index in [9.17, 15) is 4.79 Å². The summed E-state index contributed by atoms with van der Waals surface area (Å²) in [5.41, 5.74) is 0. The van der Waals surface area contributed by atoms with Crippen LogP contribution in [0.15, 0.2) is 6.20 Å². The summed E-state index contributed by atoms with van der Waals surface area (Å²) in [5, 5.41) is 1.11. The molecule has 1 aliphatic rings. The van der Waals surface area contributed by atoms with E-state index in [4.69, 9.17) is 9.47 Å². The van der Waals surface area contributed by atoms with Gasteiger partial charge in [-0.05, 0) is 19.3 Å². The van der Waals surface area contributed by atoms with Crippen LogP contribution in [0.25, 0.3) is 0 Å². The van der Waals surface area contributed by atoms with Crippen molar-refractivity contribution in [1.29, 1.82) is 0 Å². The number of aromatic nitrogens is 1. The van der Waals surface area contributed by atoms with E-state index in [0.717, 1.165) is 35.8 Å². The van der Waals surface area contributed by atoms with Crippen molar-refractivity contribution in [1.82, 2.24) is 9.88 Å². The number of likely N-dealkylation sites (N-methyl/N-ethyl adjacent to an activating group) is 1. The number of hydrogen-bond acceptors (Lipinski definition) is 5. The van der Waals surface area contributed by atoms with E-state index >= 15 is 0 Å². The number of carbonyl (C=O) groups excluding carboxylic acids is 1.